The van der Waals surface area contributed by atoms with Gasteiger partial charge >= 0.3 is 5.97 Å². The Morgan fingerprint density at radius 2 is 1.86 bits per heavy atom. The molecule has 0 fully saturated rings. The minimum atomic E-state index is -0.601. The lowest BCUT2D eigenvalue weighted by Gasteiger charge is -2.14. The van der Waals surface area contributed by atoms with E-state index in [0.29, 0.717) is 29.4 Å². The van der Waals surface area contributed by atoms with Gasteiger partial charge in [-0.25, -0.2) is 4.79 Å². The summed E-state index contributed by atoms with van der Waals surface area (Å²) in [5, 5.41) is 12.1. The number of nitrogens with one attached hydrogen (secondary N) is 1. The van der Waals surface area contributed by atoms with Crippen molar-refractivity contribution >= 4 is 33.9 Å². The van der Waals surface area contributed by atoms with Crippen LogP contribution in [0.2, 0.25) is 0 Å². The van der Waals surface area contributed by atoms with Gasteiger partial charge in [0.2, 0.25) is 0 Å². The Bertz CT molecular complexity index is 1290. The molecule has 0 atom stereocenters. The van der Waals surface area contributed by atoms with E-state index in [2.05, 4.69) is 21.2 Å². The van der Waals surface area contributed by atoms with Crippen LogP contribution < -0.4 is 19.5 Å². The first-order chi connectivity index (χ1) is 17.3. The molecule has 8 nitrogen and oxygen atoms in total. The highest BCUT2D eigenvalue weighted by Gasteiger charge is 2.15. The van der Waals surface area contributed by atoms with Crippen LogP contribution in [0.5, 0.6) is 17.2 Å². The molecule has 3 rings (SSSR count). The molecule has 1 aromatic heterocycles. The first-order valence-electron chi connectivity index (χ1n) is 11.1. The molecule has 0 radical (unpaired) electrons. The number of aryl methyl sites for hydroxylation is 2. The van der Waals surface area contributed by atoms with Crippen LogP contribution in [0.15, 0.2) is 63.2 Å². The lowest BCUT2D eigenvalue weighted by Crippen LogP contribution is -2.23. The smallest absolute Gasteiger partial charge is 0.349 e. The number of hydrogen-bond acceptors (Lipinski definition) is 7. The van der Waals surface area contributed by atoms with Crippen LogP contribution in [0, 0.1) is 25.2 Å². The topological polar surface area (TPSA) is 111 Å². The predicted molar refractivity (Wildman–Crippen MR) is 137 cm³/mol. The zero-order valence-electron chi connectivity index (χ0n) is 20.1. The minimum Gasteiger partial charge on any atom is -0.490 e. The molecule has 0 saturated heterocycles. The molecular weight excluding hydrogens is 528 g/mol. The van der Waals surface area contributed by atoms with E-state index in [0.717, 1.165) is 15.6 Å². The zero-order chi connectivity index (χ0) is 26.1. The molecule has 0 saturated carbocycles. The summed E-state index contributed by atoms with van der Waals surface area (Å²) in [7, 11) is 0. The lowest BCUT2D eigenvalue weighted by molar-refractivity contribution is -0.136. The van der Waals surface area contributed by atoms with E-state index in [9.17, 15) is 14.9 Å². The summed E-state index contributed by atoms with van der Waals surface area (Å²) in [6, 6.07) is 13.9. The Balaban J connectivity index is 1.69. The van der Waals surface area contributed by atoms with E-state index in [1.807, 2.05) is 32.0 Å². The van der Waals surface area contributed by atoms with Gasteiger partial charge in [0.1, 0.15) is 23.2 Å². The maximum atomic E-state index is 12.5. The van der Waals surface area contributed by atoms with E-state index in [1.165, 1.54) is 12.3 Å². The van der Waals surface area contributed by atoms with Gasteiger partial charge in [-0.1, -0.05) is 22.0 Å². The van der Waals surface area contributed by atoms with E-state index in [1.54, 1.807) is 37.3 Å². The van der Waals surface area contributed by atoms with Crippen LogP contribution in [-0.2, 0) is 16.1 Å². The number of nitriles is 1. The van der Waals surface area contributed by atoms with Gasteiger partial charge in [-0.2, -0.15) is 5.26 Å². The number of ether oxygens (including phenoxy) is 3. The van der Waals surface area contributed by atoms with Crippen molar-refractivity contribution in [1.29, 1.82) is 5.26 Å². The molecular formula is C27H25BrN2O6. The molecule has 36 heavy (non-hydrogen) atoms. The highest BCUT2D eigenvalue weighted by atomic mass is 79.9. The number of carbonyl (C=O) groups excluding carboxylic acids is 2. The molecule has 0 bridgehead atoms. The Hall–Kier alpha value is -4.03. The van der Waals surface area contributed by atoms with Crippen molar-refractivity contribution in [3.63, 3.8) is 0 Å². The highest BCUT2D eigenvalue weighted by molar-refractivity contribution is 9.10. The summed E-state index contributed by atoms with van der Waals surface area (Å²) in [5.74, 6) is 0.542. The highest BCUT2D eigenvalue weighted by Crippen LogP contribution is 2.30. The van der Waals surface area contributed by atoms with Crippen LogP contribution >= 0.6 is 15.9 Å². The Labute approximate surface area is 217 Å². The monoisotopic (exact) mass is 552 g/mol. The lowest BCUT2D eigenvalue weighted by atomic mass is 10.1. The average Bonchev–Trinajstić information content (AvgIpc) is 3.35. The number of carbonyl (C=O) groups is 2. The maximum Gasteiger partial charge on any atom is 0.349 e. The number of halogens is 1. The van der Waals surface area contributed by atoms with Crippen LogP contribution in [-0.4, -0.2) is 25.1 Å². The van der Waals surface area contributed by atoms with E-state index < -0.39 is 11.9 Å². The fourth-order valence-corrected chi connectivity index (χ4v) is 4.05. The Morgan fingerprint density at radius 1 is 1.11 bits per heavy atom. The predicted octanol–water partition coefficient (Wildman–Crippen LogP) is 5.27. The third kappa shape index (κ3) is 7.23. The molecule has 0 aliphatic rings. The van der Waals surface area contributed by atoms with Gasteiger partial charge in [0, 0.05) is 4.47 Å². The standard InChI is InChI=1S/C27H25BrN2O6/c1-4-33-24-13-19(12-20(14-29)27(32)30-15-22-6-5-9-34-22)7-8-23(24)36-25(31)16-35-26-17(2)10-21(28)11-18(26)3/h5-13H,4,15-16H2,1-3H3,(H,30,32)/b20-12+. The van der Waals surface area contributed by atoms with Gasteiger partial charge < -0.3 is 23.9 Å². The number of esters is 1. The van der Waals surface area contributed by atoms with Crippen molar-refractivity contribution in [3.05, 3.63) is 81.2 Å². The molecule has 1 amide bonds. The fraction of sp³-hybridized carbons (Fsp3) is 0.222. The summed E-state index contributed by atoms with van der Waals surface area (Å²) in [6.45, 7) is 5.77. The van der Waals surface area contributed by atoms with Gasteiger partial charge in [0.15, 0.2) is 18.1 Å². The van der Waals surface area contributed by atoms with Crippen LogP contribution in [0.25, 0.3) is 6.08 Å². The first-order valence-corrected chi connectivity index (χ1v) is 11.9. The van der Waals surface area contributed by atoms with Gasteiger partial charge in [0.25, 0.3) is 5.91 Å². The summed E-state index contributed by atoms with van der Waals surface area (Å²) in [4.78, 5) is 24.9. The second-order valence-electron chi connectivity index (χ2n) is 7.70. The number of nitrogens with zero attached hydrogens (tertiary/aromatic N) is 1. The van der Waals surface area contributed by atoms with Crippen LogP contribution in [0.4, 0.5) is 0 Å². The van der Waals surface area contributed by atoms with Crippen LogP contribution in [0.1, 0.15) is 29.4 Å². The number of hydrogen-bond donors (Lipinski definition) is 1. The van der Waals surface area contributed by atoms with Crippen molar-refractivity contribution < 1.29 is 28.2 Å². The van der Waals surface area contributed by atoms with Gasteiger partial charge in [-0.05, 0) is 79.9 Å². The molecule has 9 heteroatoms. The maximum absolute atomic E-state index is 12.5. The van der Waals surface area contributed by atoms with Crippen LogP contribution in [0.3, 0.4) is 0 Å². The Kier molecular flexibility index (Phi) is 9.31. The van der Waals surface area contributed by atoms with E-state index in [4.69, 9.17) is 18.6 Å². The molecule has 0 aliphatic carbocycles. The first kappa shape index (κ1) is 26.6. The van der Waals surface area contributed by atoms with Crippen molar-refractivity contribution in [2.45, 2.75) is 27.3 Å². The largest absolute Gasteiger partial charge is 0.490 e. The molecule has 2 aromatic carbocycles. The second kappa shape index (κ2) is 12.6. The normalized spacial score (nSPS) is 10.9. The molecule has 1 heterocycles. The third-order valence-electron chi connectivity index (χ3n) is 4.93. The fourth-order valence-electron chi connectivity index (χ4n) is 3.37. The molecule has 0 aliphatic heterocycles. The van der Waals surface area contributed by atoms with Gasteiger partial charge in [-0.3, -0.25) is 4.79 Å². The van der Waals surface area contributed by atoms with Crippen molar-refractivity contribution in [1.82, 2.24) is 5.32 Å². The zero-order valence-corrected chi connectivity index (χ0v) is 21.7. The number of benzene rings is 2. The summed E-state index contributed by atoms with van der Waals surface area (Å²) >= 11 is 3.43. The number of rotatable bonds is 10. The SMILES string of the molecule is CCOc1cc(/C=C(\C#N)C(=O)NCc2ccco2)ccc1OC(=O)COc1c(C)cc(Br)cc1C. The average molecular weight is 553 g/mol. The molecule has 3 aromatic rings. The quantitative estimate of drug-likeness (QED) is 0.158. The molecule has 0 unspecified atom stereocenters. The summed E-state index contributed by atoms with van der Waals surface area (Å²) in [6.07, 6.45) is 2.93. The molecule has 186 valence electrons. The third-order valence-corrected chi connectivity index (χ3v) is 5.39. The second-order valence-corrected chi connectivity index (χ2v) is 8.62. The van der Waals surface area contributed by atoms with Crippen molar-refractivity contribution in [3.8, 4) is 23.3 Å². The summed E-state index contributed by atoms with van der Waals surface area (Å²) in [5.41, 5.74) is 2.22. The number of furan rings is 1. The van der Waals surface area contributed by atoms with E-state index in [-0.39, 0.29) is 24.5 Å². The van der Waals surface area contributed by atoms with E-state index >= 15 is 0 Å². The van der Waals surface area contributed by atoms with Crippen molar-refractivity contribution in [2.75, 3.05) is 13.2 Å². The molecule has 1 N–H and O–H groups in total. The Morgan fingerprint density at radius 3 is 2.50 bits per heavy atom. The van der Waals surface area contributed by atoms with Crippen molar-refractivity contribution in [2.24, 2.45) is 0 Å². The minimum absolute atomic E-state index is 0.0950. The number of amides is 1. The van der Waals surface area contributed by atoms with Gasteiger partial charge in [0.05, 0.1) is 19.4 Å². The summed E-state index contributed by atoms with van der Waals surface area (Å²) < 4.78 is 22.9. The molecule has 0 spiro atoms. The van der Waals surface area contributed by atoms with Gasteiger partial charge in [-0.15, -0.1) is 0 Å².